The van der Waals surface area contributed by atoms with E-state index in [1.807, 2.05) is 152 Å². The average Bonchev–Trinajstić information content (AvgIpc) is 3.75. The van der Waals surface area contributed by atoms with E-state index in [1.165, 1.54) is 4.90 Å². The van der Waals surface area contributed by atoms with Crippen LogP contribution < -0.4 is 4.90 Å². The van der Waals surface area contributed by atoms with Crippen molar-refractivity contribution in [2.24, 2.45) is 0 Å². The van der Waals surface area contributed by atoms with Gasteiger partial charge in [-0.3, -0.25) is 9.59 Å². The topological polar surface area (TPSA) is 70.5 Å². The molecule has 0 atom stereocenters. The first-order valence-corrected chi connectivity index (χ1v) is 18.9. The van der Waals surface area contributed by atoms with E-state index in [0.717, 1.165) is 66.3 Å². The van der Waals surface area contributed by atoms with Crippen molar-refractivity contribution >= 4 is 45.0 Å². The zero-order valence-corrected chi connectivity index (χ0v) is 30.9. The summed E-state index contributed by atoms with van der Waals surface area (Å²) in [5, 5.41) is 11.9. The maximum atomic E-state index is 15.2. The molecule has 0 fully saturated rings. The Hall–Kier alpha value is -8.32. The highest BCUT2D eigenvalue weighted by molar-refractivity contribution is 6.36. The van der Waals surface area contributed by atoms with Gasteiger partial charge < -0.3 is 4.57 Å². The van der Waals surface area contributed by atoms with Gasteiger partial charge in [0.25, 0.3) is 11.8 Å². The number of anilines is 1. The Morgan fingerprint density at radius 1 is 0.466 bits per heavy atom. The molecular weight excluding hydrogens is 713 g/mol. The molecule has 1 aliphatic heterocycles. The SMILES string of the molecule is [C-]#[N+]c1ccccc1-c1ccc2c3ccc(-c4ccccc4C#N)cc3n(-c3cccc4c3C(=O)N(c3cc(-c5ccccc5)ccc3-c3ccccc3)C4=O)c2c1. The summed E-state index contributed by atoms with van der Waals surface area (Å²) in [7, 11) is 0. The summed E-state index contributed by atoms with van der Waals surface area (Å²) in [5.74, 6) is -0.825. The van der Waals surface area contributed by atoms with Gasteiger partial charge in [-0.15, -0.1) is 0 Å². The van der Waals surface area contributed by atoms with E-state index in [1.54, 1.807) is 18.2 Å². The van der Waals surface area contributed by atoms with E-state index in [-0.39, 0.29) is 0 Å². The molecule has 0 saturated carbocycles. The molecule has 0 aliphatic carbocycles. The molecule has 10 rings (SSSR count). The highest BCUT2D eigenvalue weighted by Crippen LogP contribution is 2.43. The van der Waals surface area contributed by atoms with Gasteiger partial charge in [0.1, 0.15) is 0 Å². The number of amides is 2. The number of para-hydroxylation sites is 1. The predicted molar refractivity (Wildman–Crippen MR) is 231 cm³/mol. The minimum atomic E-state index is -0.423. The van der Waals surface area contributed by atoms with Gasteiger partial charge in [0, 0.05) is 16.3 Å². The van der Waals surface area contributed by atoms with Crippen LogP contribution in [0.3, 0.4) is 0 Å². The second-order valence-corrected chi connectivity index (χ2v) is 14.2. The first kappa shape index (κ1) is 34.2. The Balaban J connectivity index is 1.22. The average molecular weight is 743 g/mol. The van der Waals surface area contributed by atoms with E-state index in [9.17, 15) is 10.1 Å². The lowest BCUT2D eigenvalue weighted by Gasteiger charge is -2.20. The number of benzene rings is 8. The molecule has 0 bridgehead atoms. The van der Waals surface area contributed by atoms with Crippen molar-refractivity contribution in [2.75, 3.05) is 4.90 Å². The number of nitrogens with zero attached hydrogens (tertiary/aromatic N) is 4. The van der Waals surface area contributed by atoms with Crippen molar-refractivity contribution in [3.63, 3.8) is 0 Å². The third kappa shape index (κ3) is 5.40. The molecule has 2 heterocycles. The molecule has 0 saturated heterocycles. The molecule has 6 nitrogen and oxygen atoms in total. The molecule has 270 valence electrons. The van der Waals surface area contributed by atoms with Crippen LogP contribution in [-0.4, -0.2) is 16.4 Å². The monoisotopic (exact) mass is 742 g/mol. The van der Waals surface area contributed by atoms with E-state index < -0.39 is 11.8 Å². The molecule has 0 spiro atoms. The third-order valence-electron chi connectivity index (χ3n) is 11.0. The Morgan fingerprint density at radius 3 is 1.74 bits per heavy atom. The van der Waals surface area contributed by atoms with Gasteiger partial charge in [0.2, 0.25) is 0 Å². The normalized spacial score (nSPS) is 12.1. The van der Waals surface area contributed by atoms with E-state index >= 15 is 4.79 Å². The van der Waals surface area contributed by atoms with Gasteiger partial charge in [-0.05, 0) is 75.3 Å². The Kier molecular flexibility index (Phi) is 8.11. The van der Waals surface area contributed by atoms with Gasteiger partial charge in [-0.1, -0.05) is 146 Å². The zero-order chi connectivity index (χ0) is 39.3. The number of carbonyl (C=O) groups is 2. The van der Waals surface area contributed by atoms with Crippen molar-refractivity contribution in [2.45, 2.75) is 0 Å². The maximum Gasteiger partial charge on any atom is 0.268 e. The van der Waals surface area contributed by atoms with Crippen LogP contribution in [0.1, 0.15) is 26.3 Å². The first-order chi connectivity index (χ1) is 28.5. The number of carbonyl (C=O) groups excluding carboxylic acids is 2. The van der Waals surface area contributed by atoms with Crippen molar-refractivity contribution in [1.29, 1.82) is 5.26 Å². The Labute approximate surface area is 334 Å². The van der Waals surface area contributed by atoms with Gasteiger partial charge in [0.15, 0.2) is 5.69 Å². The number of hydrogen-bond donors (Lipinski definition) is 0. The Morgan fingerprint density at radius 2 is 1.05 bits per heavy atom. The summed E-state index contributed by atoms with van der Waals surface area (Å²) in [6.07, 6.45) is 0. The largest absolute Gasteiger partial charge is 0.308 e. The number of rotatable bonds is 6. The lowest BCUT2D eigenvalue weighted by atomic mass is 9.97. The summed E-state index contributed by atoms with van der Waals surface area (Å²) < 4.78 is 2.05. The standard InChI is InChI=1S/C52H30N4O2/c1-54-45-21-11-10-19-40(45)37-25-28-43-42-27-24-36(39-18-9-8-17-38(39)32-53)30-48(42)55(49(43)31-37)46-22-12-20-44-50(46)52(58)56(51(44)57)47-29-35(33-13-4-2-5-14-33)23-26-41(47)34-15-6-3-7-16-34/h2-31H. The second-order valence-electron chi connectivity index (χ2n) is 14.2. The van der Waals surface area contributed by atoms with E-state index in [4.69, 9.17) is 6.57 Å². The maximum absolute atomic E-state index is 15.2. The predicted octanol–water partition coefficient (Wildman–Crippen LogP) is 12.7. The van der Waals surface area contributed by atoms with Crippen molar-refractivity contribution in [1.82, 2.24) is 4.57 Å². The van der Waals surface area contributed by atoms with Crippen LogP contribution >= 0.6 is 0 Å². The fourth-order valence-electron chi connectivity index (χ4n) is 8.32. The molecule has 9 aromatic rings. The van der Waals surface area contributed by atoms with Crippen LogP contribution in [0.25, 0.3) is 76.8 Å². The molecule has 2 amide bonds. The number of nitriles is 1. The van der Waals surface area contributed by atoms with Crippen molar-refractivity contribution in [3.05, 3.63) is 210 Å². The quantitative estimate of drug-likeness (QED) is 0.126. The molecule has 8 aromatic carbocycles. The van der Waals surface area contributed by atoms with Gasteiger partial charge in [-0.25, -0.2) is 9.74 Å². The molecule has 1 aliphatic rings. The van der Waals surface area contributed by atoms with Gasteiger partial charge in [-0.2, -0.15) is 5.26 Å². The molecule has 0 N–H and O–H groups in total. The molecule has 0 radical (unpaired) electrons. The van der Waals surface area contributed by atoms with Crippen LogP contribution in [0, 0.1) is 17.9 Å². The van der Waals surface area contributed by atoms with Crippen molar-refractivity contribution in [3.8, 4) is 56.3 Å². The fraction of sp³-hybridized carbons (Fsp3) is 0. The lowest BCUT2D eigenvalue weighted by molar-refractivity contribution is 0.0926. The summed E-state index contributed by atoms with van der Waals surface area (Å²) in [5.41, 5.74) is 11.1. The highest BCUT2D eigenvalue weighted by atomic mass is 16.2. The lowest BCUT2D eigenvalue weighted by Crippen LogP contribution is -2.30. The fourth-order valence-corrected chi connectivity index (χ4v) is 8.32. The zero-order valence-electron chi connectivity index (χ0n) is 30.9. The smallest absolute Gasteiger partial charge is 0.268 e. The number of aromatic nitrogens is 1. The van der Waals surface area contributed by atoms with Gasteiger partial charge in [0.05, 0.1) is 51.7 Å². The van der Waals surface area contributed by atoms with Crippen LogP contribution in [0.2, 0.25) is 0 Å². The van der Waals surface area contributed by atoms with Gasteiger partial charge >= 0.3 is 0 Å². The number of imide groups is 1. The second kappa shape index (κ2) is 13.8. The van der Waals surface area contributed by atoms with Crippen LogP contribution in [0.15, 0.2) is 182 Å². The minimum Gasteiger partial charge on any atom is -0.308 e. The summed E-state index contributed by atoms with van der Waals surface area (Å²) >= 11 is 0. The number of fused-ring (bicyclic) bond motifs is 4. The number of hydrogen-bond acceptors (Lipinski definition) is 3. The third-order valence-corrected chi connectivity index (χ3v) is 11.0. The molecule has 58 heavy (non-hydrogen) atoms. The van der Waals surface area contributed by atoms with Crippen molar-refractivity contribution < 1.29 is 9.59 Å². The van der Waals surface area contributed by atoms with E-state index in [2.05, 4.69) is 27.6 Å². The van der Waals surface area contributed by atoms with Crippen LogP contribution in [0.5, 0.6) is 0 Å². The summed E-state index contributed by atoms with van der Waals surface area (Å²) in [6.45, 7) is 7.87. The highest BCUT2D eigenvalue weighted by Gasteiger charge is 2.40. The minimum absolute atomic E-state index is 0.296. The van der Waals surface area contributed by atoms with Crippen LogP contribution in [0.4, 0.5) is 11.4 Å². The Bertz CT molecular complexity index is 3130. The first-order valence-electron chi connectivity index (χ1n) is 18.9. The summed E-state index contributed by atoms with van der Waals surface area (Å²) in [4.78, 5) is 35.1. The molecule has 1 aromatic heterocycles. The van der Waals surface area contributed by atoms with Crippen LogP contribution in [-0.2, 0) is 0 Å². The molecular formula is C52H30N4O2. The van der Waals surface area contributed by atoms with E-state index in [0.29, 0.717) is 33.8 Å². The summed E-state index contributed by atoms with van der Waals surface area (Å²) in [6, 6.07) is 60.7. The molecule has 6 heteroatoms. The molecule has 0 unspecified atom stereocenters.